The van der Waals surface area contributed by atoms with Crippen LogP contribution < -0.4 is 5.32 Å². The van der Waals surface area contributed by atoms with Crippen LogP contribution in [-0.2, 0) is 0 Å². The highest BCUT2D eigenvalue weighted by Gasteiger charge is 2.40. The first-order valence-corrected chi connectivity index (χ1v) is 9.50. The van der Waals surface area contributed by atoms with Crippen LogP contribution in [0.3, 0.4) is 0 Å². The van der Waals surface area contributed by atoms with Gasteiger partial charge in [-0.1, -0.05) is 19.4 Å². The lowest BCUT2D eigenvalue weighted by Gasteiger charge is -2.26. The fraction of sp³-hybridized carbons (Fsp3) is 0.375. The van der Waals surface area contributed by atoms with Gasteiger partial charge in [-0.05, 0) is 52.8 Å². The molecule has 0 unspecified atom stereocenters. The molecule has 1 aliphatic rings. The van der Waals surface area contributed by atoms with Crippen molar-refractivity contribution < 1.29 is 0 Å². The summed E-state index contributed by atoms with van der Waals surface area (Å²) in [5.74, 6) is 0. The lowest BCUT2D eigenvalue weighted by Crippen LogP contribution is -2.30. The van der Waals surface area contributed by atoms with Crippen molar-refractivity contribution in [3.05, 3.63) is 50.9 Å². The van der Waals surface area contributed by atoms with Gasteiger partial charge in [-0.2, -0.15) is 0 Å². The van der Waals surface area contributed by atoms with E-state index < -0.39 is 0 Å². The summed E-state index contributed by atoms with van der Waals surface area (Å²) in [4.78, 5) is 8.16. The Morgan fingerprint density at radius 3 is 2.95 bits per heavy atom. The van der Waals surface area contributed by atoms with E-state index >= 15 is 0 Å². The Labute approximate surface area is 148 Å². The predicted molar refractivity (Wildman–Crippen MR) is 99.1 cm³/mol. The Bertz CT molecular complexity index is 644. The molecule has 6 heteroatoms. The van der Waals surface area contributed by atoms with Crippen LogP contribution in [0, 0.1) is 0 Å². The van der Waals surface area contributed by atoms with Gasteiger partial charge in [-0.25, -0.2) is 0 Å². The van der Waals surface area contributed by atoms with E-state index in [1.54, 1.807) is 11.3 Å². The molecule has 0 aliphatic carbocycles. The Morgan fingerprint density at radius 1 is 1.45 bits per heavy atom. The van der Waals surface area contributed by atoms with Gasteiger partial charge in [0.15, 0.2) is 5.11 Å². The zero-order valence-electron chi connectivity index (χ0n) is 12.3. The van der Waals surface area contributed by atoms with Crippen molar-refractivity contribution in [3.63, 3.8) is 0 Å². The second-order valence-electron chi connectivity index (χ2n) is 5.34. The van der Waals surface area contributed by atoms with Gasteiger partial charge in [0.05, 0.1) is 17.8 Å². The normalized spacial score (nSPS) is 21.2. The quantitative estimate of drug-likeness (QED) is 0.743. The molecule has 0 amide bonds. The number of halogens is 1. The van der Waals surface area contributed by atoms with Gasteiger partial charge < -0.3 is 10.2 Å². The molecule has 0 spiro atoms. The molecule has 0 radical (unpaired) electrons. The van der Waals surface area contributed by atoms with Crippen LogP contribution in [0.25, 0.3) is 0 Å². The fourth-order valence-corrected chi connectivity index (χ4v) is 4.69. The van der Waals surface area contributed by atoms with E-state index in [4.69, 9.17) is 12.2 Å². The third kappa shape index (κ3) is 3.19. The molecule has 1 fully saturated rings. The van der Waals surface area contributed by atoms with Gasteiger partial charge in [0.1, 0.15) is 0 Å². The molecule has 2 aromatic heterocycles. The number of nitrogens with zero attached hydrogens (tertiary/aromatic N) is 2. The van der Waals surface area contributed by atoms with Crippen molar-refractivity contribution in [1.29, 1.82) is 0 Å². The van der Waals surface area contributed by atoms with E-state index in [1.807, 2.05) is 18.3 Å². The van der Waals surface area contributed by atoms with E-state index in [-0.39, 0.29) is 12.1 Å². The van der Waals surface area contributed by atoms with E-state index in [9.17, 15) is 0 Å². The number of aromatic nitrogens is 1. The molecule has 0 aromatic carbocycles. The summed E-state index contributed by atoms with van der Waals surface area (Å²) in [7, 11) is 0. The second-order valence-corrected chi connectivity index (χ2v) is 7.59. The highest BCUT2D eigenvalue weighted by atomic mass is 79.9. The van der Waals surface area contributed by atoms with Gasteiger partial charge in [0, 0.05) is 27.5 Å². The summed E-state index contributed by atoms with van der Waals surface area (Å²) in [6, 6.07) is 8.56. The SMILES string of the molecule is CCCCN1C(=S)N[C@H](c2ccccn2)[C@H]1c1cc(Br)cs1. The number of thiophene rings is 1. The Hall–Kier alpha value is -0.980. The molecule has 2 aromatic rings. The van der Waals surface area contributed by atoms with Crippen LogP contribution in [0.15, 0.2) is 40.3 Å². The van der Waals surface area contributed by atoms with E-state index in [2.05, 4.69) is 55.6 Å². The molecule has 3 heterocycles. The first kappa shape index (κ1) is 15.9. The molecular weight excluding hydrogens is 378 g/mol. The first-order chi connectivity index (χ1) is 10.7. The number of thiocarbonyl (C=S) groups is 1. The topological polar surface area (TPSA) is 28.2 Å². The molecule has 1 N–H and O–H groups in total. The molecule has 22 heavy (non-hydrogen) atoms. The van der Waals surface area contributed by atoms with Crippen LogP contribution in [0.5, 0.6) is 0 Å². The minimum absolute atomic E-state index is 0.108. The zero-order chi connectivity index (χ0) is 15.5. The van der Waals surface area contributed by atoms with Gasteiger partial charge in [0.2, 0.25) is 0 Å². The zero-order valence-corrected chi connectivity index (χ0v) is 15.5. The number of nitrogens with one attached hydrogen (secondary N) is 1. The van der Waals surface area contributed by atoms with Crippen molar-refractivity contribution in [2.75, 3.05) is 6.54 Å². The summed E-state index contributed by atoms with van der Waals surface area (Å²) >= 11 is 10.9. The fourth-order valence-electron chi connectivity index (χ4n) is 2.77. The van der Waals surface area contributed by atoms with Crippen LogP contribution in [-0.4, -0.2) is 21.5 Å². The summed E-state index contributed by atoms with van der Waals surface area (Å²) in [5, 5.41) is 6.43. The van der Waals surface area contributed by atoms with Gasteiger partial charge in [0.25, 0.3) is 0 Å². The monoisotopic (exact) mass is 395 g/mol. The van der Waals surface area contributed by atoms with Crippen LogP contribution in [0.1, 0.15) is 42.4 Å². The standard InChI is InChI=1S/C16H18BrN3S2/c1-2-3-8-20-15(13-9-11(17)10-22-13)14(19-16(20)21)12-6-4-5-7-18-12/h4-7,9-10,14-15H,2-3,8H2,1H3,(H,19,21)/t14-,15-/m1/s1. The van der Waals surface area contributed by atoms with Gasteiger partial charge in [-0.3, -0.25) is 4.98 Å². The second kappa shape index (κ2) is 7.06. The van der Waals surface area contributed by atoms with Crippen molar-refractivity contribution in [1.82, 2.24) is 15.2 Å². The van der Waals surface area contributed by atoms with Crippen molar-refractivity contribution in [2.24, 2.45) is 0 Å². The third-order valence-corrected chi connectivity index (χ3v) is 5.95. The lowest BCUT2D eigenvalue weighted by atomic mass is 10.0. The predicted octanol–water partition coefficient (Wildman–Crippen LogP) is 4.68. The van der Waals surface area contributed by atoms with E-state index in [0.717, 1.165) is 34.7 Å². The Balaban J connectivity index is 1.96. The molecule has 3 rings (SSSR count). The van der Waals surface area contributed by atoms with E-state index in [1.165, 1.54) is 4.88 Å². The maximum Gasteiger partial charge on any atom is 0.170 e. The molecule has 0 saturated carbocycles. The third-order valence-electron chi connectivity index (χ3n) is 3.83. The maximum atomic E-state index is 5.59. The van der Waals surface area contributed by atoms with Crippen LogP contribution in [0.2, 0.25) is 0 Å². The van der Waals surface area contributed by atoms with Crippen LogP contribution in [0.4, 0.5) is 0 Å². The molecule has 3 nitrogen and oxygen atoms in total. The Morgan fingerprint density at radius 2 is 2.32 bits per heavy atom. The summed E-state index contributed by atoms with van der Waals surface area (Å²) in [6.45, 7) is 3.19. The van der Waals surface area contributed by atoms with Gasteiger partial charge in [-0.15, -0.1) is 11.3 Å². The maximum absolute atomic E-state index is 5.59. The van der Waals surface area contributed by atoms with Crippen LogP contribution >= 0.6 is 39.5 Å². The molecular formula is C16H18BrN3S2. The largest absolute Gasteiger partial charge is 0.352 e. The average molecular weight is 396 g/mol. The lowest BCUT2D eigenvalue weighted by molar-refractivity contribution is 0.317. The highest BCUT2D eigenvalue weighted by Crippen LogP contribution is 2.41. The molecule has 2 atom stereocenters. The van der Waals surface area contributed by atoms with Crippen molar-refractivity contribution in [3.8, 4) is 0 Å². The minimum atomic E-state index is 0.108. The smallest absolute Gasteiger partial charge is 0.170 e. The summed E-state index contributed by atoms with van der Waals surface area (Å²) < 4.78 is 1.13. The summed E-state index contributed by atoms with van der Waals surface area (Å²) in [6.07, 6.45) is 4.14. The van der Waals surface area contributed by atoms with E-state index in [0.29, 0.717) is 0 Å². The number of pyridine rings is 1. The minimum Gasteiger partial charge on any atom is -0.352 e. The highest BCUT2D eigenvalue weighted by molar-refractivity contribution is 9.10. The number of rotatable bonds is 5. The Kier molecular flexibility index (Phi) is 5.10. The first-order valence-electron chi connectivity index (χ1n) is 7.42. The number of hydrogen-bond donors (Lipinski definition) is 1. The van der Waals surface area contributed by atoms with Crippen molar-refractivity contribution in [2.45, 2.75) is 31.8 Å². The molecule has 1 aliphatic heterocycles. The van der Waals surface area contributed by atoms with Gasteiger partial charge >= 0.3 is 0 Å². The molecule has 116 valence electrons. The van der Waals surface area contributed by atoms with Crippen molar-refractivity contribution >= 4 is 44.6 Å². The molecule has 1 saturated heterocycles. The summed E-state index contributed by atoms with van der Waals surface area (Å²) in [5.41, 5.74) is 1.04. The average Bonchev–Trinajstić information content (AvgIpc) is 3.09. The number of unbranched alkanes of at least 4 members (excludes halogenated alkanes) is 1. The number of hydrogen-bond acceptors (Lipinski definition) is 3. The molecule has 0 bridgehead atoms.